The van der Waals surface area contributed by atoms with E-state index in [1.54, 1.807) is 0 Å². The summed E-state index contributed by atoms with van der Waals surface area (Å²) < 4.78 is 13.0. The predicted molar refractivity (Wildman–Crippen MR) is 106 cm³/mol. The van der Waals surface area contributed by atoms with Gasteiger partial charge in [-0.3, -0.25) is 0 Å². The van der Waals surface area contributed by atoms with Crippen molar-refractivity contribution in [3.8, 4) is 0 Å². The first kappa shape index (κ1) is 17.9. The summed E-state index contributed by atoms with van der Waals surface area (Å²) in [5, 5.41) is 0. The first-order valence-corrected chi connectivity index (χ1v) is 9.70. The van der Waals surface area contributed by atoms with E-state index in [-0.39, 0.29) is 5.82 Å². The fourth-order valence-corrected chi connectivity index (χ4v) is 4.10. The number of hydrogen-bond donors (Lipinski definition) is 0. The van der Waals surface area contributed by atoms with Crippen LogP contribution in [0.1, 0.15) is 75.0 Å². The highest BCUT2D eigenvalue weighted by molar-refractivity contribution is 5.80. The topological polar surface area (TPSA) is 0 Å². The van der Waals surface area contributed by atoms with E-state index in [1.165, 1.54) is 61.8 Å². The summed E-state index contributed by atoms with van der Waals surface area (Å²) in [6.45, 7) is 4.38. The first-order chi connectivity index (χ1) is 12.2. The van der Waals surface area contributed by atoms with Crippen molar-refractivity contribution in [1.29, 1.82) is 0 Å². The lowest BCUT2D eigenvalue weighted by Crippen LogP contribution is -2.13. The van der Waals surface area contributed by atoms with Crippen molar-refractivity contribution in [3.63, 3.8) is 0 Å². The SMILES string of the molecule is CCCC1CCC(c2ccc(C=C(C)c3ccc(F)cc3)cc2)CC1. The molecule has 0 amide bonds. The van der Waals surface area contributed by atoms with Crippen LogP contribution in [0.15, 0.2) is 48.5 Å². The lowest BCUT2D eigenvalue weighted by atomic mass is 9.77. The molecule has 1 fully saturated rings. The molecule has 0 N–H and O–H groups in total. The zero-order valence-electron chi connectivity index (χ0n) is 15.5. The summed E-state index contributed by atoms with van der Waals surface area (Å²) in [7, 11) is 0. The molecule has 0 radical (unpaired) electrons. The van der Waals surface area contributed by atoms with Gasteiger partial charge in [0.05, 0.1) is 0 Å². The highest BCUT2D eigenvalue weighted by Crippen LogP contribution is 2.37. The van der Waals surface area contributed by atoms with Gasteiger partial charge in [-0.25, -0.2) is 4.39 Å². The maximum Gasteiger partial charge on any atom is 0.123 e. The molecule has 1 saturated carbocycles. The normalized spacial score (nSPS) is 21.3. The molecule has 0 heterocycles. The molecule has 25 heavy (non-hydrogen) atoms. The zero-order chi connectivity index (χ0) is 17.6. The van der Waals surface area contributed by atoms with E-state index >= 15 is 0 Å². The van der Waals surface area contributed by atoms with Gasteiger partial charge in [0.2, 0.25) is 0 Å². The minimum absolute atomic E-state index is 0.186. The van der Waals surface area contributed by atoms with Crippen molar-refractivity contribution in [3.05, 3.63) is 71.0 Å². The van der Waals surface area contributed by atoms with E-state index < -0.39 is 0 Å². The molecular formula is C24H29F. The third kappa shape index (κ3) is 4.81. The summed E-state index contributed by atoms with van der Waals surface area (Å²) in [4.78, 5) is 0. The van der Waals surface area contributed by atoms with Gasteiger partial charge in [-0.2, -0.15) is 0 Å². The van der Waals surface area contributed by atoms with Crippen molar-refractivity contribution in [2.75, 3.05) is 0 Å². The highest BCUT2D eigenvalue weighted by atomic mass is 19.1. The van der Waals surface area contributed by atoms with Crippen LogP contribution < -0.4 is 0 Å². The summed E-state index contributed by atoms with van der Waals surface area (Å²) in [5.74, 6) is 1.51. The summed E-state index contributed by atoms with van der Waals surface area (Å²) in [6, 6.07) is 15.8. The molecule has 0 bridgehead atoms. The van der Waals surface area contributed by atoms with E-state index in [2.05, 4.69) is 44.2 Å². The number of allylic oxidation sites excluding steroid dienone is 1. The van der Waals surface area contributed by atoms with Gasteiger partial charge in [0.1, 0.15) is 5.82 Å². The van der Waals surface area contributed by atoms with Crippen LogP contribution in [0.25, 0.3) is 11.6 Å². The number of hydrogen-bond acceptors (Lipinski definition) is 0. The van der Waals surface area contributed by atoms with Crippen LogP contribution >= 0.6 is 0 Å². The zero-order valence-corrected chi connectivity index (χ0v) is 15.5. The summed E-state index contributed by atoms with van der Waals surface area (Å²) in [5.41, 5.74) is 4.93. The van der Waals surface area contributed by atoms with Crippen LogP contribution in [0.3, 0.4) is 0 Å². The monoisotopic (exact) mass is 336 g/mol. The third-order valence-electron chi connectivity index (χ3n) is 5.63. The van der Waals surface area contributed by atoms with Gasteiger partial charge < -0.3 is 0 Å². The van der Waals surface area contributed by atoms with E-state index in [1.807, 2.05) is 12.1 Å². The molecule has 0 aromatic heterocycles. The fraction of sp³-hybridized carbons (Fsp3) is 0.417. The van der Waals surface area contributed by atoms with Crippen molar-refractivity contribution >= 4 is 11.6 Å². The van der Waals surface area contributed by atoms with E-state index in [0.29, 0.717) is 0 Å². The second kappa shape index (κ2) is 8.47. The Balaban J connectivity index is 1.64. The molecular weight excluding hydrogens is 307 g/mol. The molecule has 0 nitrogen and oxygen atoms in total. The van der Waals surface area contributed by atoms with Crippen LogP contribution in [0, 0.1) is 11.7 Å². The van der Waals surface area contributed by atoms with E-state index in [9.17, 15) is 4.39 Å². The molecule has 0 unspecified atom stereocenters. The predicted octanol–water partition coefficient (Wildman–Crippen LogP) is 7.46. The molecule has 1 aliphatic carbocycles. The van der Waals surface area contributed by atoms with Gasteiger partial charge >= 0.3 is 0 Å². The Kier molecular flexibility index (Phi) is 6.07. The van der Waals surface area contributed by atoms with Gasteiger partial charge in [-0.1, -0.05) is 62.2 Å². The number of benzene rings is 2. The second-order valence-electron chi connectivity index (χ2n) is 7.51. The quantitative estimate of drug-likeness (QED) is 0.497. The third-order valence-corrected chi connectivity index (χ3v) is 5.63. The molecule has 1 heteroatoms. The number of halogens is 1. The van der Waals surface area contributed by atoms with Crippen molar-refractivity contribution < 1.29 is 4.39 Å². The highest BCUT2D eigenvalue weighted by Gasteiger charge is 2.21. The average molecular weight is 336 g/mol. The molecule has 0 saturated heterocycles. The molecule has 3 rings (SSSR count). The Morgan fingerprint density at radius 2 is 1.60 bits per heavy atom. The second-order valence-corrected chi connectivity index (χ2v) is 7.51. The Morgan fingerprint density at radius 3 is 2.20 bits per heavy atom. The molecule has 1 aliphatic rings. The summed E-state index contributed by atoms with van der Waals surface area (Å²) in [6.07, 6.45) is 10.4. The lowest BCUT2D eigenvalue weighted by Gasteiger charge is -2.28. The van der Waals surface area contributed by atoms with E-state index in [4.69, 9.17) is 0 Å². The summed E-state index contributed by atoms with van der Waals surface area (Å²) >= 11 is 0. The molecule has 0 aliphatic heterocycles. The first-order valence-electron chi connectivity index (χ1n) is 9.70. The van der Waals surface area contributed by atoms with Crippen LogP contribution in [-0.4, -0.2) is 0 Å². The van der Waals surface area contributed by atoms with Gasteiger partial charge in [-0.15, -0.1) is 0 Å². The van der Waals surface area contributed by atoms with Gasteiger partial charge in [0.15, 0.2) is 0 Å². The molecule has 0 spiro atoms. The van der Waals surface area contributed by atoms with Crippen LogP contribution in [0.2, 0.25) is 0 Å². The smallest absolute Gasteiger partial charge is 0.123 e. The fourth-order valence-electron chi connectivity index (χ4n) is 4.10. The molecule has 2 aromatic rings. The molecule has 132 valence electrons. The minimum atomic E-state index is -0.186. The average Bonchev–Trinajstić information content (AvgIpc) is 2.64. The Bertz CT molecular complexity index is 686. The molecule has 0 atom stereocenters. The minimum Gasteiger partial charge on any atom is -0.207 e. The molecule has 2 aromatic carbocycles. The standard InChI is InChI=1S/C24H29F/c1-3-4-19-5-9-22(10-6-19)23-11-7-20(8-12-23)17-18(2)21-13-15-24(25)16-14-21/h7-8,11-17,19,22H,3-6,9-10H2,1-2H3. The van der Waals surface area contributed by atoms with Crippen LogP contribution in [0.5, 0.6) is 0 Å². The Hall–Kier alpha value is -1.89. The lowest BCUT2D eigenvalue weighted by molar-refractivity contribution is 0.308. The maximum atomic E-state index is 13.0. The van der Waals surface area contributed by atoms with Crippen LogP contribution in [0.4, 0.5) is 4.39 Å². The van der Waals surface area contributed by atoms with Crippen molar-refractivity contribution in [2.45, 2.75) is 58.3 Å². The Labute approximate surface area is 151 Å². The largest absolute Gasteiger partial charge is 0.207 e. The van der Waals surface area contributed by atoms with E-state index in [0.717, 1.165) is 23.0 Å². The van der Waals surface area contributed by atoms with Crippen molar-refractivity contribution in [1.82, 2.24) is 0 Å². The van der Waals surface area contributed by atoms with Crippen LogP contribution in [-0.2, 0) is 0 Å². The maximum absolute atomic E-state index is 13.0. The van der Waals surface area contributed by atoms with Gasteiger partial charge in [-0.05, 0) is 78.8 Å². The van der Waals surface area contributed by atoms with Crippen molar-refractivity contribution in [2.24, 2.45) is 5.92 Å². The van der Waals surface area contributed by atoms with Gasteiger partial charge in [0.25, 0.3) is 0 Å². The number of rotatable bonds is 5. The Morgan fingerprint density at radius 1 is 0.960 bits per heavy atom. The van der Waals surface area contributed by atoms with Gasteiger partial charge in [0, 0.05) is 0 Å².